The van der Waals surface area contributed by atoms with E-state index in [2.05, 4.69) is 20.9 Å². The van der Waals surface area contributed by atoms with E-state index in [0.717, 1.165) is 12.1 Å². The van der Waals surface area contributed by atoms with Crippen LogP contribution in [-0.2, 0) is 0 Å². The Morgan fingerprint density at radius 3 is 2.43 bits per heavy atom. The van der Waals surface area contributed by atoms with Gasteiger partial charge in [0.25, 0.3) is 11.8 Å². The van der Waals surface area contributed by atoms with Crippen LogP contribution >= 0.6 is 15.9 Å². The summed E-state index contributed by atoms with van der Waals surface area (Å²) in [5.41, 5.74) is 5.66. The van der Waals surface area contributed by atoms with Crippen molar-refractivity contribution in [2.45, 2.75) is 0 Å². The molecule has 0 atom stereocenters. The number of pyridine rings is 1. The maximum atomic E-state index is 12.8. The Morgan fingerprint density at radius 1 is 1.19 bits per heavy atom. The highest BCUT2D eigenvalue weighted by Gasteiger charge is 2.23. The fourth-order valence-electron chi connectivity index (χ4n) is 1.57. The molecule has 0 fully saturated rings. The number of anilines is 1. The molecule has 6 nitrogen and oxygen atoms in total. The maximum Gasteiger partial charge on any atom is 0.278 e. The number of benzene rings is 1. The molecule has 0 aliphatic rings. The van der Waals surface area contributed by atoms with Gasteiger partial charge in [-0.25, -0.2) is 20.2 Å². The van der Waals surface area contributed by atoms with E-state index in [9.17, 15) is 14.0 Å². The number of imide groups is 1. The van der Waals surface area contributed by atoms with Crippen molar-refractivity contribution in [3.8, 4) is 0 Å². The maximum absolute atomic E-state index is 12.8. The van der Waals surface area contributed by atoms with Gasteiger partial charge in [0, 0.05) is 16.2 Å². The Bertz CT molecular complexity index is 706. The van der Waals surface area contributed by atoms with Crippen molar-refractivity contribution in [3.05, 3.63) is 57.9 Å². The lowest BCUT2D eigenvalue weighted by molar-refractivity contribution is 0.0616. The number of carbonyl (C=O) groups excluding carboxylic acids is 2. The molecule has 8 heteroatoms. The second-order valence-electron chi connectivity index (χ2n) is 4.07. The molecule has 0 aliphatic carbocycles. The lowest BCUT2D eigenvalue weighted by Gasteiger charge is -2.15. The molecular weight excluding hydrogens is 343 g/mol. The number of rotatable bonds is 2. The van der Waals surface area contributed by atoms with Crippen molar-refractivity contribution >= 4 is 33.6 Å². The van der Waals surface area contributed by atoms with Crippen LogP contribution < -0.4 is 11.6 Å². The average Bonchev–Trinajstić information content (AvgIpc) is 2.48. The van der Waals surface area contributed by atoms with Gasteiger partial charge in [0.2, 0.25) is 0 Å². The normalized spacial score (nSPS) is 10.2. The zero-order chi connectivity index (χ0) is 15.6. The van der Waals surface area contributed by atoms with Crippen LogP contribution in [-0.4, -0.2) is 21.8 Å². The van der Waals surface area contributed by atoms with Gasteiger partial charge in [0.1, 0.15) is 11.6 Å². The average molecular weight is 353 g/mol. The van der Waals surface area contributed by atoms with Crippen LogP contribution in [0.25, 0.3) is 0 Å². The molecule has 1 aromatic heterocycles. The summed E-state index contributed by atoms with van der Waals surface area (Å²) in [4.78, 5) is 28.0. The second-order valence-corrected chi connectivity index (χ2v) is 4.99. The standard InChI is InChI=1S/C13H10BrFN4O2/c14-8-5-10(11(16)18-6-8)13(21)19(17)12(20)7-1-3-9(15)4-2-7/h1-6H,17H2,(H2,16,18). The Hall–Kier alpha value is -2.32. The molecular formula is C13H10BrFN4O2. The Kier molecular flexibility index (Phi) is 4.29. The van der Waals surface area contributed by atoms with E-state index in [1.54, 1.807) is 0 Å². The zero-order valence-electron chi connectivity index (χ0n) is 10.6. The first kappa shape index (κ1) is 15.1. The summed E-state index contributed by atoms with van der Waals surface area (Å²) >= 11 is 3.15. The van der Waals surface area contributed by atoms with Crippen molar-refractivity contribution in [2.24, 2.45) is 5.84 Å². The predicted molar refractivity (Wildman–Crippen MR) is 77.4 cm³/mol. The number of nitrogen functional groups attached to an aromatic ring is 1. The molecule has 0 unspecified atom stereocenters. The minimum absolute atomic E-state index is 0.0117. The van der Waals surface area contributed by atoms with Crippen LogP contribution in [0.1, 0.15) is 20.7 Å². The van der Waals surface area contributed by atoms with Gasteiger partial charge in [0.15, 0.2) is 0 Å². The third-order valence-corrected chi connectivity index (χ3v) is 3.08. The van der Waals surface area contributed by atoms with E-state index in [1.807, 2.05) is 0 Å². The molecule has 0 saturated carbocycles. The number of carbonyl (C=O) groups is 2. The van der Waals surface area contributed by atoms with Gasteiger partial charge in [-0.2, -0.15) is 0 Å². The predicted octanol–water partition coefficient (Wildman–Crippen LogP) is 1.72. The summed E-state index contributed by atoms with van der Waals surface area (Å²) in [5, 5.41) is 0.410. The third kappa shape index (κ3) is 3.23. The van der Waals surface area contributed by atoms with Crippen molar-refractivity contribution in [1.82, 2.24) is 9.99 Å². The zero-order valence-corrected chi connectivity index (χ0v) is 12.2. The van der Waals surface area contributed by atoms with E-state index in [1.165, 1.54) is 24.4 Å². The Labute approximate surface area is 127 Å². The largest absolute Gasteiger partial charge is 0.383 e. The summed E-state index contributed by atoms with van der Waals surface area (Å²) in [6.07, 6.45) is 1.41. The number of aromatic nitrogens is 1. The summed E-state index contributed by atoms with van der Waals surface area (Å²) in [7, 11) is 0. The summed E-state index contributed by atoms with van der Waals surface area (Å²) in [6.45, 7) is 0. The highest BCUT2D eigenvalue weighted by atomic mass is 79.9. The van der Waals surface area contributed by atoms with E-state index in [0.29, 0.717) is 9.48 Å². The van der Waals surface area contributed by atoms with E-state index < -0.39 is 17.6 Å². The first-order chi connectivity index (χ1) is 9.90. The highest BCUT2D eigenvalue weighted by molar-refractivity contribution is 9.10. The molecule has 21 heavy (non-hydrogen) atoms. The van der Waals surface area contributed by atoms with Crippen molar-refractivity contribution in [3.63, 3.8) is 0 Å². The van der Waals surface area contributed by atoms with Gasteiger partial charge in [-0.3, -0.25) is 9.59 Å². The molecule has 2 amide bonds. The number of nitrogens with zero attached hydrogens (tertiary/aromatic N) is 2. The first-order valence-electron chi connectivity index (χ1n) is 5.70. The fourth-order valence-corrected chi connectivity index (χ4v) is 1.91. The van der Waals surface area contributed by atoms with Crippen molar-refractivity contribution in [2.75, 3.05) is 5.73 Å². The summed E-state index contributed by atoms with van der Waals surface area (Å²) < 4.78 is 13.3. The number of nitrogens with two attached hydrogens (primary N) is 2. The minimum Gasteiger partial charge on any atom is -0.383 e. The molecule has 0 saturated heterocycles. The van der Waals surface area contributed by atoms with E-state index >= 15 is 0 Å². The van der Waals surface area contributed by atoms with Gasteiger partial charge in [-0.15, -0.1) is 0 Å². The number of halogens is 2. The molecule has 0 radical (unpaired) electrons. The van der Waals surface area contributed by atoms with Gasteiger partial charge in [0.05, 0.1) is 5.56 Å². The SMILES string of the molecule is Nc1ncc(Br)cc1C(=O)N(N)C(=O)c1ccc(F)cc1. The van der Waals surface area contributed by atoms with E-state index in [-0.39, 0.29) is 16.9 Å². The number of amides is 2. The van der Waals surface area contributed by atoms with Gasteiger partial charge >= 0.3 is 0 Å². The topological polar surface area (TPSA) is 102 Å². The lowest BCUT2D eigenvalue weighted by atomic mass is 10.2. The van der Waals surface area contributed by atoms with Crippen molar-refractivity contribution in [1.29, 1.82) is 0 Å². The molecule has 0 bridgehead atoms. The minimum atomic E-state index is -0.810. The molecule has 1 aromatic carbocycles. The first-order valence-corrected chi connectivity index (χ1v) is 6.49. The Morgan fingerprint density at radius 2 is 1.81 bits per heavy atom. The van der Waals surface area contributed by atoms with Crippen LogP contribution in [0.15, 0.2) is 41.0 Å². The van der Waals surface area contributed by atoms with Crippen LogP contribution in [0, 0.1) is 5.82 Å². The molecule has 2 aromatic rings. The van der Waals surface area contributed by atoms with Crippen LogP contribution in [0.2, 0.25) is 0 Å². The van der Waals surface area contributed by atoms with Crippen LogP contribution in [0.3, 0.4) is 0 Å². The molecule has 0 spiro atoms. The number of hydrogen-bond donors (Lipinski definition) is 2. The summed E-state index contributed by atoms with van der Waals surface area (Å²) in [6, 6.07) is 6.06. The lowest BCUT2D eigenvalue weighted by Crippen LogP contribution is -2.43. The second kappa shape index (κ2) is 5.98. The highest BCUT2D eigenvalue weighted by Crippen LogP contribution is 2.17. The van der Waals surface area contributed by atoms with Gasteiger partial charge < -0.3 is 5.73 Å². The van der Waals surface area contributed by atoms with Crippen LogP contribution in [0.5, 0.6) is 0 Å². The molecule has 4 N–H and O–H groups in total. The molecule has 1 heterocycles. The van der Waals surface area contributed by atoms with Gasteiger partial charge in [-0.1, -0.05) is 0 Å². The van der Waals surface area contributed by atoms with Gasteiger partial charge in [-0.05, 0) is 46.3 Å². The molecule has 108 valence electrons. The Balaban J connectivity index is 2.28. The fraction of sp³-hybridized carbons (Fsp3) is 0. The third-order valence-electron chi connectivity index (χ3n) is 2.64. The summed E-state index contributed by atoms with van der Waals surface area (Å²) in [5.74, 6) is 3.39. The van der Waals surface area contributed by atoms with Crippen molar-refractivity contribution < 1.29 is 14.0 Å². The van der Waals surface area contributed by atoms with Crippen LogP contribution in [0.4, 0.5) is 10.2 Å². The monoisotopic (exact) mass is 352 g/mol. The quantitative estimate of drug-likeness (QED) is 0.370. The number of hydrazine groups is 1. The molecule has 2 rings (SSSR count). The smallest absolute Gasteiger partial charge is 0.278 e. The molecule has 0 aliphatic heterocycles. The number of hydrogen-bond acceptors (Lipinski definition) is 5. The van der Waals surface area contributed by atoms with E-state index in [4.69, 9.17) is 11.6 Å².